The largest absolute Gasteiger partial charge is 0.345 e. The number of nitrogens with zero attached hydrogens (tertiary/aromatic N) is 3. The Morgan fingerprint density at radius 1 is 1.09 bits per heavy atom. The molecule has 1 atom stereocenters. The minimum atomic E-state index is -0.620. The van der Waals surface area contributed by atoms with E-state index in [2.05, 4.69) is 67.6 Å². The van der Waals surface area contributed by atoms with Gasteiger partial charge in [-0.2, -0.15) is 0 Å². The number of amides is 2. The van der Waals surface area contributed by atoms with Gasteiger partial charge in [0, 0.05) is 30.2 Å². The molecule has 1 unspecified atom stereocenters. The number of hydrazine groups is 1. The van der Waals surface area contributed by atoms with Crippen LogP contribution in [-0.2, 0) is 4.79 Å². The number of amidine groups is 1. The summed E-state index contributed by atoms with van der Waals surface area (Å²) >= 11 is 6.39. The molecule has 0 aromatic heterocycles. The average Bonchev–Trinajstić information content (AvgIpc) is 3.25. The number of hydrogen-bond acceptors (Lipinski definition) is 5. The summed E-state index contributed by atoms with van der Waals surface area (Å²) in [5.41, 5.74) is 8.21. The van der Waals surface area contributed by atoms with Gasteiger partial charge < -0.3 is 15.6 Å². The van der Waals surface area contributed by atoms with E-state index in [0.29, 0.717) is 28.1 Å². The van der Waals surface area contributed by atoms with Crippen molar-refractivity contribution in [3.63, 3.8) is 0 Å². The quantitative estimate of drug-likeness (QED) is 0.158. The van der Waals surface area contributed by atoms with Crippen LogP contribution < -0.4 is 16.2 Å². The highest BCUT2D eigenvalue weighted by Gasteiger charge is 2.52. The molecule has 1 spiro atoms. The first-order valence-electron chi connectivity index (χ1n) is 16.1. The highest BCUT2D eigenvalue weighted by atomic mass is 35.5. The van der Waals surface area contributed by atoms with Crippen molar-refractivity contribution in [3.8, 4) is 0 Å². The summed E-state index contributed by atoms with van der Waals surface area (Å²) in [6.45, 7) is 13.9. The van der Waals surface area contributed by atoms with Crippen molar-refractivity contribution in [2.24, 2.45) is 26.7 Å². The molecule has 1 fully saturated rings. The summed E-state index contributed by atoms with van der Waals surface area (Å²) in [5, 5.41) is 3.50. The third kappa shape index (κ3) is 8.33. The summed E-state index contributed by atoms with van der Waals surface area (Å²) in [6, 6.07) is 15.0. The highest BCUT2D eigenvalue weighted by Crippen LogP contribution is 2.50. The van der Waals surface area contributed by atoms with Gasteiger partial charge in [-0.15, -0.1) is 0 Å². The first-order chi connectivity index (χ1) is 21.2. The molecule has 8 nitrogen and oxygen atoms in total. The molecule has 2 amide bonds. The molecule has 45 heavy (non-hydrogen) atoms. The van der Waals surface area contributed by atoms with Crippen LogP contribution in [0.4, 0.5) is 0 Å². The Hall–Kier alpha value is -3.23. The maximum absolute atomic E-state index is 14.6. The van der Waals surface area contributed by atoms with Crippen molar-refractivity contribution in [1.29, 1.82) is 0 Å². The van der Waals surface area contributed by atoms with Crippen LogP contribution in [0, 0.1) is 16.7 Å². The van der Waals surface area contributed by atoms with Crippen molar-refractivity contribution in [2.45, 2.75) is 91.8 Å². The van der Waals surface area contributed by atoms with Gasteiger partial charge in [0.1, 0.15) is 17.2 Å². The van der Waals surface area contributed by atoms with E-state index < -0.39 is 5.66 Å². The summed E-state index contributed by atoms with van der Waals surface area (Å²) in [5.74, 6) is 0.959. The standard InChI is InChI=1S/C36H51ClN6O2/c1-34(2,3)19-18-29(24-12-14-25(15-13-24)32(44)40-23-30(38-7)42-39-8)43-33(45)31(26-10-9-11-28(37)22-26)41-36(43)20-16-27(17-21-36)35(4,5)6/h9-15,22,27,29,39H,16-21,23H2,1-8H3,(H,38,42)(H,40,44). The molecule has 1 heterocycles. The molecule has 1 aliphatic heterocycles. The second-order valence-electron chi connectivity index (χ2n) is 14.7. The van der Waals surface area contributed by atoms with Crippen molar-refractivity contribution >= 4 is 35.0 Å². The molecule has 244 valence electrons. The second kappa shape index (κ2) is 14.0. The van der Waals surface area contributed by atoms with Crippen LogP contribution in [0.15, 0.2) is 58.5 Å². The third-order valence-electron chi connectivity index (χ3n) is 9.29. The fourth-order valence-corrected chi connectivity index (χ4v) is 6.82. The van der Waals surface area contributed by atoms with Crippen molar-refractivity contribution in [3.05, 3.63) is 70.2 Å². The normalized spacial score (nSPS) is 21.6. The maximum Gasteiger partial charge on any atom is 0.275 e. The van der Waals surface area contributed by atoms with Crippen LogP contribution in [0.1, 0.15) is 108 Å². The zero-order chi connectivity index (χ0) is 33.0. The van der Waals surface area contributed by atoms with Crippen molar-refractivity contribution < 1.29 is 9.59 Å². The number of carbonyl (C=O) groups excluding carboxylic acids is 2. The molecule has 0 radical (unpaired) electrons. The number of aliphatic imine (C=N–C) groups is 2. The van der Waals surface area contributed by atoms with Crippen molar-refractivity contribution in [2.75, 3.05) is 20.6 Å². The van der Waals surface area contributed by atoms with Gasteiger partial charge in [0.05, 0.1) is 12.6 Å². The van der Waals surface area contributed by atoms with Crippen LogP contribution in [0.25, 0.3) is 0 Å². The van der Waals surface area contributed by atoms with Gasteiger partial charge in [-0.25, -0.2) is 5.43 Å². The summed E-state index contributed by atoms with van der Waals surface area (Å²) in [4.78, 5) is 39.1. The Morgan fingerprint density at radius 2 is 1.76 bits per heavy atom. The molecule has 3 N–H and O–H groups in total. The lowest BCUT2D eigenvalue weighted by atomic mass is 9.69. The van der Waals surface area contributed by atoms with Gasteiger partial charge in [0.25, 0.3) is 11.8 Å². The fourth-order valence-electron chi connectivity index (χ4n) is 6.63. The van der Waals surface area contributed by atoms with Gasteiger partial charge >= 0.3 is 0 Å². The summed E-state index contributed by atoms with van der Waals surface area (Å²) < 4.78 is 0. The average molecular weight is 635 g/mol. The van der Waals surface area contributed by atoms with Crippen LogP contribution >= 0.6 is 11.6 Å². The summed E-state index contributed by atoms with van der Waals surface area (Å²) in [6.07, 6.45) is 5.37. The zero-order valence-corrected chi connectivity index (χ0v) is 29.0. The number of nitrogens with one attached hydrogen (secondary N) is 3. The SMILES string of the molecule is CN=C(CNC(=O)c1ccc(C(CCC(C)(C)C)N2C(=O)C(c3cccc(Cl)c3)=NC23CCC(C(C)(C)C)CC3)cc1)NNC. The molecule has 2 aromatic rings. The first-order valence-corrected chi connectivity index (χ1v) is 16.5. The Balaban J connectivity index is 1.70. The number of rotatable bonds is 9. The van der Waals surface area contributed by atoms with E-state index >= 15 is 0 Å². The maximum atomic E-state index is 14.6. The predicted octanol–water partition coefficient (Wildman–Crippen LogP) is 6.95. The van der Waals surface area contributed by atoms with E-state index in [1.54, 1.807) is 14.1 Å². The van der Waals surface area contributed by atoms with Crippen molar-refractivity contribution in [1.82, 2.24) is 21.1 Å². The first kappa shape index (κ1) is 34.6. The predicted molar refractivity (Wildman–Crippen MR) is 185 cm³/mol. The van der Waals surface area contributed by atoms with E-state index in [-0.39, 0.29) is 35.2 Å². The molecule has 0 saturated heterocycles. The highest BCUT2D eigenvalue weighted by molar-refractivity contribution is 6.47. The number of halogens is 1. The zero-order valence-electron chi connectivity index (χ0n) is 28.3. The summed E-state index contributed by atoms with van der Waals surface area (Å²) in [7, 11) is 3.41. The molecular weight excluding hydrogens is 584 g/mol. The van der Waals surface area contributed by atoms with E-state index in [1.165, 1.54) is 0 Å². The molecule has 4 rings (SSSR count). The molecule has 9 heteroatoms. The minimum absolute atomic E-state index is 0.0457. The lowest BCUT2D eigenvalue weighted by Crippen LogP contribution is -2.51. The molecule has 2 aromatic carbocycles. The van der Waals surface area contributed by atoms with Crippen LogP contribution in [0.3, 0.4) is 0 Å². The topological polar surface area (TPSA) is 98.2 Å². The number of benzene rings is 2. The lowest BCUT2D eigenvalue weighted by molar-refractivity contribution is -0.134. The van der Waals surface area contributed by atoms with E-state index in [1.807, 2.05) is 48.5 Å². The Bertz CT molecular complexity index is 1410. The van der Waals surface area contributed by atoms with Gasteiger partial charge in [0.15, 0.2) is 0 Å². The molecule has 2 aliphatic rings. The van der Waals surface area contributed by atoms with Crippen LogP contribution in [0.2, 0.25) is 5.02 Å². The Labute approximate surface area is 274 Å². The van der Waals surface area contributed by atoms with Gasteiger partial charge in [0.2, 0.25) is 0 Å². The second-order valence-corrected chi connectivity index (χ2v) is 15.2. The smallest absolute Gasteiger partial charge is 0.275 e. The minimum Gasteiger partial charge on any atom is -0.345 e. The molecular formula is C36H51ClN6O2. The number of hydrogen-bond donors (Lipinski definition) is 3. The molecule has 1 saturated carbocycles. The van der Waals surface area contributed by atoms with Gasteiger partial charge in [-0.05, 0) is 85.1 Å². The Morgan fingerprint density at radius 3 is 2.31 bits per heavy atom. The van der Waals surface area contributed by atoms with Gasteiger partial charge in [-0.3, -0.25) is 19.6 Å². The molecule has 0 bridgehead atoms. The number of carbonyl (C=O) groups is 2. The van der Waals surface area contributed by atoms with Gasteiger partial charge in [-0.1, -0.05) is 77.4 Å². The van der Waals surface area contributed by atoms with Crippen LogP contribution in [-0.4, -0.2) is 54.6 Å². The monoisotopic (exact) mass is 634 g/mol. The van der Waals surface area contributed by atoms with E-state index in [4.69, 9.17) is 16.6 Å². The van der Waals surface area contributed by atoms with E-state index in [0.717, 1.165) is 49.7 Å². The fraction of sp³-hybridized carbons (Fsp3) is 0.556. The Kier molecular flexibility index (Phi) is 10.8. The van der Waals surface area contributed by atoms with E-state index in [9.17, 15) is 9.59 Å². The lowest BCUT2D eigenvalue weighted by Gasteiger charge is -2.47. The molecule has 1 aliphatic carbocycles. The van der Waals surface area contributed by atoms with Crippen LogP contribution in [0.5, 0.6) is 0 Å². The third-order valence-corrected chi connectivity index (χ3v) is 9.53.